The number of methoxy groups -OCH3 is 1. The fraction of sp³-hybridized carbons (Fsp3) is 0.273. The van der Waals surface area contributed by atoms with Gasteiger partial charge in [0.15, 0.2) is 12.4 Å². The summed E-state index contributed by atoms with van der Waals surface area (Å²) in [5.74, 6) is -2.10. The summed E-state index contributed by atoms with van der Waals surface area (Å²) in [7, 11) is 1.49. The van der Waals surface area contributed by atoms with Crippen LogP contribution in [0.5, 0.6) is 5.75 Å². The molecule has 0 bridgehead atoms. The maximum atomic E-state index is 12.3. The van der Waals surface area contributed by atoms with E-state index in [0.29, 0.717) is 16.9 Å². The Morgan fingerprint density at radius 3 is 2.57 bits per heavy atom. The molecule has 8 heteroatoms. The van der Waals surface area contributed by atoms with Crippen molar-refractivity contribution in [1.82, 2.24) is 10.4 Å². The third kappa shape index (κ3) is 5.02. The Labute approximate surface area is 173 Å². The number of aryl methyl sites for hydroxylation is 1. The van der Waals surface area contributed by atoms with Gasteiger partial charge in [-0.05, 0) is 31.2 Å². The van der Waals surface area contributed by atoms with E-state index in [-0.39, 0.29) is 18.7 Å². The summed E-state index contributed by atoms with van der Waals surface area (Å²) in [5, 5.41) is 1.11. The van der Waals surface area contributed by atoms with Crippen LogP contribution in [0.25, 0.3) is 0 Å². The zero-order valence-electron chi connectivity index (χ0n) is 16.7. The summed E-state index contributed by atoms with van der Waals surface area (Å²) >= 11 is 0. The van der Waals surface area contributed by atoms with Gasteiger partial charge in [-0.1, -0.05) is 29.8 Å². The van der Waals surface area contributed by atoms with Crippen molar-refractivity contribution in [2.24, 2.45) is 5.92 Å². The van der Waals surface area contributed by atoms with Crippen LogP contribution in [0, 0.1) is 12.8 Å². The first-order chi connectivity index (χ1) is 14.4. The molecule has 0 aliphatic carbocycles. The molecular formula is C22H22N2O6. The van der Waals surface area contributed by atoms with Gasteiger partial charge in [-0.3, -0.25) is 29.6 Å². The van der Waals surface area contributed by atoms with Crippen LogP contribution in [0.15, 0.2) is 48.5 Å². The summed E-state index contributed by atoms with van der Waals surface area (Å²) < 4.78 is 10.2. The van der Waals surface area contributed by atoms with Gasteiger partial charge in [-0.2, -0.15) is 0 Å². The van der Waals surface area contributed by atoms with Gasteiger partial charge < -0.3 is 9.47 Å². The predicted octanol–water partition coefficient (Wildman–Crippen LogP) is 1.92. The van der Waals surface area contributed by atoms with Gasteiger partial charge in [0, 0.05) is 17.5 Å². The molecule has 8 nitrogen and oxygen atoms in total. The van der Waals surface area contributed by atoms with Crippen molar-refractivity contribution < 1.29 is 28.7 Å². The van der Waals surface area contributed by atoms with Crippen LogP contribution in [0.4, 0.5) is 0 Å². The summed E-state index contributed by atoms with van der Waals surface area (Å²) in [6.45, 7) is 1.41. The van der Waals surface area contributed by atoms with Crippen LogP contribution in [-0.4, -0.2) is 48.8 Å². The second-order valence-electron chi connectivity index (χ2n) is 6.98. The minimum Gasteiger partial charge on any atom is -0.497 e. The number of carbonyl (C=O) groups is 4. The number of hydrogen-bond acceptors (Lipinski definition) is 6. The topological polar surface area (TPSA) is 102 Å². The Morgan fingerprint density at radius 1 is 1.10 bits per heavy atom. The average molecular weight is 410 g/mol. The number of rotatable bonds is 7. The number of amides is 2. The number of hydrogen-bond donors (Lipinski definition) is 1. The summed E-state index contributed by atoms with van der Waals surface area (Å²) in [6, 6.07) is 13.5. The lowest BCUT2D eigenvalue weighted by Crippen LogP contribution is -2.43. The third-order valence-corrected chi connectivity index (χ3v) is 4.71. The highest BCUT2D eigenvalue weighted by Gasteiger charge is 2.36. The molecule has 1 heterocycles. The van der Waals surface area contributed by atoms with Crippen molar-refractivity contribution >= 4 is 23.6 Å². The molecule has 2 amide bonds. The van der Waals surface area contributed by atoms with E-state index in [9.17, 15) is 19.2 Å². The standard InChI is InChI=1S/C22H22N2O6/c1-14-5-3-7-16(9-14)21(27)23-24-12-17(11-20(24)26)22(28)30-13-19(25)15-6-4-8-18(10-15)29-2/h3-10,17H,11-13H2,1-2H3,(H,23,27)/t17-/m0/s1. The van der Waals surface area contributed by atoms with Crippen molar-refractivity contribution in [2.75, 3.05) is 20.3 Å². The van der Waals surface area contributed by atoms with Crippen LogP contribution in [-0.2, 0) is 14.3 Å². The highest BCUT2D eigenvalue weighted by Crippen LogP contribution is 2.19. The van der Waals surface area contributed by atoms with Crippen LogP contribution in [0.3, 0.4) is 0 Å². The first-order valence-electron chi connectivity index (χ1n) is 9.39. The van der Waals surface area contributed by atoms with Crippen molar-refractivity contribution in [3.05, 3.63) is 65.2 Å². The van der Waals surface area contributed by atoms with Crippen LogP contribution >= 0.6 is 0 Å². The number of hydrazine groups is 1. The Bertz CT molecular complexity index is 987. The molecule has 2 aromatic carbocycles. The van der Waals surface area contributed by atoms with Gasteiger partial charge in [-0.15, -0.1) is 0 Å². The molecule has 2 aromatic rings. The van der Waals surface area contributed by atoms with Gasteiger partial charge in [0.25, 0.3) is 5.91 Å². The second-order valence-corrected chi connectivity index (χ2v) is 6.98. The van der Waals surface area contributed by atoms with E-state index in [4.69, 9.17) is 9.47 Å². The minimum atomic E-state index is -0.756. The highest BCUT2D eigenvalue weighted by molar-refractivity contribution is 5.99. The number of esters is 1. The van der Waals surface area contributed by atoms with E-state index in [1.54, 1.807) is 42.5 Å². The van der Waals surface area contributed by atoms with E-state index in [2.05, 4.69) is 5.43 Å². The number of Topliss-reactive ketones (excluding diaryl/α,β-unsaturated/α-hetero) is 1. The monoisotopic (exact) mass is 410 g/mol. The lowest BCUT2D eigenvalue weighted by molar-refractivity contribution is -0.147. The first kappa shape index (κ1) is 21.0. The molecule has 1 fully saturated rings. The van der Waals surface area contributed by atoms with Gasteiger partial charge in [0.2, 0.25) is 5.91 Å². The molecule has 30 heavy (non-hydrogen) atoms. The van der Waals surface area contributed by atoms with Crippen molar-refractivity contribution in [3.8, 4) is 5.75 Å². The lowest BCUT2D eigenvalue weighted by atomic mass is 10.1. The number of ether oxygens (including phenoxy) is 2. The molecule has 156 valence electrons. The van der Waals surface area contributed by atoms with Gasteiger partial charge in [0.1, 0.15) is 5.75 Å². The van der Waals surface area contributed by atoms with Crippen molar-refractivity contribution in [3.63, 3.8) is 0 Å². The average Bonchev–Trinajstić information content (AvgIpc) is 3.12. The molecular weight excluding hydrogens is 388 g/mol. The molecule has 1 N–H and O–H groups in total. The predicted molar refractivity (Wildman–Crippen MR) is 107 cm³/mol. The van der Waals surface area contributed by atoms with E-state index < -0.39 is 30.3 Å². The molecule has 0 unspecified atom stereocenters. The van der Waals surface area contributed by atoms with Crippen molar-refractivity contribution in [2.45, 2.75) is 13.3 Å². The Hall–Kier alpha value is -3.68. The molecule has 0 aromatic heterocycles. The van der Waals surface area contributed by atoms with Crippen LogP contribution in [0.1, 0.15) is 32.7 Å². The number of carbonyl (C=O) groups excluding carboxylic acids is 4. The molecule has 1 aliphatic rings. The maximum Gasteiger partial charge on any atom is 0.311 e. The smallest absolute Gasteiger partial charge is 0.311 e. The fourth-order valence-electron chi connectivity index (χ4n) is 3.08. The minimum absolute atomic E-state index is 0.0113. The summed E-state index contributed by atoms with van der Waals surface area (Å²) in [5.41, 5.74) is 4.20. The Kier molecular flexibility index (Phi) is 6.46. The first-order valence-corrected chi connectivity index (χ1v) is 9.39. The van der Waals surface area contributed by atoms with Gasteiger partial charge in [-0.25, -0.2) is 0 Å². The SMILES string of the molecule is COc1cccc(C(=O)COC(=O)[C@H]2CC(=O)N(NC(=O)c3cccc(C)c3)C2)c1. The molecule has 1 saturated heterocycles. The lowest BCUT2D eigenvalue weighted by Gasteiger charge is -2.17. The zero-order chi connectivity index (χ0) is 21.7. The van der Waals surface area contributed by atoms with Gasteiger partial charge in [0.05, 0.1) is 19.6 Å². The number of ketones is 1. The van der Waals surface area contributed by atoms with E-state index >= 15 is 0 Å². The number of nitrogens with zero attached hydrogens (tertiary/aromatic N) is 1. The molecule has 0 saturated carbocycles. The molecule has 0 radical (unpaired) electrons. The van der Waals surface area contributed by atoms with Crippen LogP contribution < -0.4 is 10.2 Å². The molecule has 1 aliphatic heterocycles. The van der Waals surface area contributed by atoms with Crippen LogP contribution in [0.2, 0.25) is 0 Å². The van der Waals surface area contributed by atoms with Gasteiger partial charge >= 0.3 is 5.97 Å². The third-order valence-electron chi connectivity index (χ3n) is 4.71. The van der Waals surface area contributed by atoms with E-state index in [1.165, 1.54) is 7.11 Å². The second kappa shape index (κ2) is 9.21. The largest absolute Gasteiger partial charge is 0.497 e. The number of nitrogens with one attached hydrogen (secondary N) is 1. The van der Waals surface area contributed by atoms with E-state index in [1.807, 2.05) is 13.0 Å². The molecule has 3 rings (SSSR count). The zero-order valence-corrected chi connectivity index (χ0v) is 16.7. The molecule has 0 spiro atoms. The summed E-state index contributed by atoms with van der Waals surface area (Å²) in [4.78, 5) is 49.0. The highest BCUT2D eigenvalue weighted by atomic mass is 16.5. The Balaban J connectivity index is 1.53. The van der Waals surface area contributed by atoms with E-state index in [0.717, 1.165) is 10.6 Å². The summed E-state index contributed by atoms with van der Waals surface area (Å²) in [6.07, 6.45) is -0.0969. The van der Waals surface area contributed by atoms with Crippen molar-refractivity contribution in [1.29, 1.82) is 0 Å². The molecule has 1 atom stereocenters. The quantitative estimate of drug-likeness (QED) is 0.553. The normalized spacial score (nSPS) is 15.6. The number of benzene rings is 2. The fourth-order valence-corrected chi connectivity index (χ4v) is 3.08. The maximum absolute atomic E-state index is 12.3. The Morgan fingerprint density at radius 2 is 1.83 bits per heavy atom.